The van der Waals surface area contributed by atoms with Gasteiger partial charge in [-0.3, -0.25) is 24.2 Å². The van der Waals surface area contributed by atoms with Gasteiger partial charge < -0.3 is 34.9 Å². The first-order chi connectivity index (χ1) is 28.1. The second-order valence-corrected chi connectivity index (χ2v) is 15.3. The summed E-state index contributed by atoms with van der Waals surface area (Å²) < 4.78 is 9.59. The van der Waals surface area contributed by atoms with E-state index >= 15 is 0 Å². The fraction of sp³-hybridized carbons (Fsp3) is 0.326. The molecule has 4 N–H and O–H groups in total. The van der Waals surface area contributed by atoms with Crippen molar-refractivity contribution in [3.63, 3.8) is 0 Å². The van der Waals surface area contributed by atoms with Gasteiger partial charge in [-0.05, 0) is 85.5 Å². The highest BCUT2D eigenvalue weighted by atomic mass is 16.5. The topological polar surface area (TPSA) is 161 Å². The van der Waals surface area contributed by atoms with Crippen molar-refractivity contribution < 1.29 is 29.0 Å². The summed E-state index contributed by atoms with van der Waals surface area (Å²) in [4.78, 5) is 58.9. The number of aliphatic imine (C=N–C) groups is 1. The van der Waals surface area contributed by atoms with E-state index in [0.717, 1.165) is 47.9 Å². The summed E-state index contributed by atoms with van der Waals surface area (Å²) in [5.41, 5.74) is 13.3. The van der Waals surface area contributed by atoms with Crippen molar-refractivity contribution in [2.24, 2.45) is 19.1 Å². The number of piperidine rings is 1. The number of nitrogens with one attached hydrogen (secondary N) is 1. The molecular formula is C46H50N6O6. The van der Waals surface area contributed by atoms with E-state index < -0.39 is 0 Å². The minimum Gasteiger partial charge on any atom is -0.493 e. The fourth-order valence-electron chi connectivity index (χ4n) is 7.72. The van der Waals surface area contributed by atoms with Gasteiger partial charge in [-0.2, -0.15) is 0 Å². The highest BCUT2D eigenvalue weighted by Gasteiger charge is 2.31. The molecule has 12 heteroatoms. The number of carbonyl (C=O) groups excluding carboxylic acids is 4. The van der Waals surface area contributed by atoms with Crippen molar-refractivity contribution in [2.75, 3.05) is 24.2 Å². The number of aliphatic hydroxyl groups is 1. The maximum Gasteiger partial charge on any atom is 0.256 e. The second-order valence-electron chi connectivity index (χ2n) is 15.3. The Bertz CT molecular complexity index is 2340. The normalized spacial score (nSPS) is 14.8. The van der Waals surface area contributed by atoms with Crippen molar-refractivity contribution >= 4 is 46.7 Å². The highest BCUT2D eigenvalue weighted by molar-refractivity contribution is 6.03. The van der Waals surface area contributed by atoms with E-state index in [9.17, 15) is 24.3 Å². The van der Waals surface area contributed by atoms with Crippen LogP contribution in [-0.4, -0.2) is 67.9 Å². The van der Waals surface area contributed by atoms with Gasteiger partial charge in [0.05, 0.1) is 47.6 Å². The van der Waals surface area contributed by atoms with E-state index in [1.54, 1.807) is 48.1 Å². The molecule has 4 heterocycles. The zero-order chi connectivity index (χ0) is 40.8. The van der Waals surface area contributed by atoms with Gasteiger partial charge in [-0.1, -0.05) is 36.4 Å². The lowest BCUT2D eigenvalue weighted by molar-refractivity contribution is -0.116. The Morgan fingerprint density at radius 2 is 1.53 bits per heavy atom. The minimum absolute atomic E-state index is 0.000943. The average molecular weight is 783 g/mol. The molecule has 2 aliphatic rings. The molecule has 58 heavy (non-hydrogen) atoms. The maximum absolute atomic E-state index is 13.3. The molecule has 0 unspecified atom stereocenters. The van der Waals surface area contributed by atoms with E-state index in [-0.39, 0.29) is 48.9 Å². The third-order valence-electron chi connectivity index (χ3n) is 10.9. The summed E-state index contributed by atoms with van der Waals surface area (Å²) in [7, 11) is 3.65. The Balaban J connectivity index is 0.853. The molecule has 0 bridgehead atoms. The van der Waals surface area contributed by atoms with Crippen LogP contribution in [0, 0.1) is 0 Å². The Morgan fingerprint density at radius 1 is 0.845 bits per heavy atom. The minimum atomic E-state index is -0.253. The lowest BCUT2D eigenvalue weighted by Crippen LogP contribution is -2.43. The predicted octanol–water partition coefficient (Wildman–Crippen LogP) is 7.24. The van der Waals surface area contributed by atoms with Crippen LogP contribution in [0.3, 0.4) is 0 Å². The molecule has 1 fully saturated rings. The number of nitrogens with two attached hydrogens (primary N) is 1. The number of nitrogens with zero attached hydrogens (tertiary/aromatic N) is 4. The second kappa shape index (κ2) is 17.9. The van der Waals surface area contributed by atoms with E-state index in [2.05, 4.69) is 10.3 Å². The average Bonchev–Trinajstić information content (AvgIpc) is 3.76. The summed E-state index contributed by atoms with van der Waals surface area (Å²) in [5, 5.41) is 12.9. The van der Waals surface area contributed by atoms with Gasteiger partial charge in [-0.25, -0.2) is 0 Å². The number of aromatic nitrogens is 2. The van der Waals surface area contributed by atoms with Crippen LogP contribution in [-0.2, 0) is 38.3 Å². The Labute approximate surface area is 338 Å². The fourth-order valence-corrected chi connectivity index (χ4v) is 7.72. The molecule has 1 saturated heterocycles. The molecule has 300 valence electrons. The van der Waals surface area contributed by atoms with Crippen molar-refractivity contribution in [1.82, 2.24) is 14.0 Å². The van der Waals surface area contributed by atoms with Gasteiger partial charge in [0.1, 0.15) is 5.75 Å². The van der Waals surface area contributed by atoms with Crippen molar-refractivity contribution in [3.8, 4) is 16.9 Å². The third kappa shape index (κ3) is 9.29. The summed E-state index contributed by atoms with van der Waals surface area (Å²) in [6.07, 6.45) is 11.4. The van der Waals surface area contributed by atoms with E-state index in [1.807, 2.05) is 71.4 Å². The van der Waals surface area contributed by atoms with Gasteiger partial charge in [0.15, 0.2) is 11.6 Å². The number of hydrogen-bond donors (Lipinski definition) is 3. The molecular weight excluding hydrogens is 733 g/mol. The lowest BCUT2D eigenvalue weighted by atomic mass is 10.0. The number of ether oxygens (including phenoxy) is 1. The molecule has 3 aromatic carbocycles. The molecule has 0 aliphatic carbocycles. The monoisotopic (exact) mass is 782 g/mol. The van der Waals surface area contributed by atoms with Gasteiger partial charge in [0.2, 0.25) is 5.91 Å². The van der Waals surface area contributed by atoms with Gasteiger partial charge >= 0.3 is 0 Å². The van der Waals surface area contributed by atoms with Gasteiger partial charge in [0.25, 0.3) is 5.91 Å². The quantitative estimate of drug-likeness (QED) is 0.0540. The molecule has 0 radical (unpaired) electrons. The van der Waals surface area contributed by atoms with Crippen LogP contribution < -0.4 is 15.8 Å². The zero-order valence-electron chi connectivity index (χ0n) is 33.1. The van der Waals surface area contributed by atoms with Crippen LogP contribution in [0.2, 0.25) is 0 Å². The van der Waals surface area contributed by atoms with Crippen LogP contribution >= 0.6 is 0 Å². The summed E-state index contributed by atoms with van der Waals surface area (Å²) in [5.74, 6) is 0.266. The van der Waals surface area contributed by atoms with Crippen LogP contribution in [0.5, 0.6) is 5.75 Å². The molecule has 5 aromatic rings. The number of hydrogen-bond acceptors (Lipinski definition) is 8. The number of ketones is 2. The molecule has 0 saturated carbocycles. The maximum atomic E-state index is 13.3. The van der Waals surface area contributed by atoms with Crippen molar-refractivity contribution in [1.29, 1.82) is 0 Å². The number of fused-ring (bicyclic) bond motifs is 2. The van der Waals surface area contributed by atoms with Crippen LogP contribution in [0.25, 0.3) is 11.1 Å². The predicted molar refractivity (Wildman–Crippen MR) is 225 cm³/mol. The SMILES string of the molecule is Cn1cc(NC(=O)CCCCCOc2cc3c(cc2CO)C(=O)N2CCCC[C@H]2C=N3)cc1C(=O)Cc1ccc(-c2cc(C(=O)Cc3ccc(N)cc3)n(C)c2)cc1. The standard InChI is InChI=1S/C46H50N6O6/c1-50-27-33(23-40(50)42(54)21-31-12-16-35(47)17-13-31)32-14-10-30(11-15-32)20-43(55)41-24-36(28-51(41)2)49-45(56)9-4-3-7-19-58-44-25-39-38(22-34(44)29-53)46(57)52-18-6-5-8-37(52)26-48-39/h10-17,22-28,37,53H,3-9,18-21,29,47H2,1-2H3,(H,49,56)/t37-/m0/s1. The molecule has 2 amide bonds. The summed E-state index contributed by atoms with van der Waals surface area (Å²) >= 11 is 0. The molecule has 2 aromatic heterocycles. The molecule has 1 atom stereocenters. The molecule has 0 spiro atoms. The third-order valence-corrected chi connectivity index (χ3v) is 10.9. The lowest BCUT2D eigenvalue weighted by Gasteiger charge is -2.32. The molecule has 12 nitrogen and oxygen atoms in total. The van der Waals surface area contributed by atoms with E-state index in [1.165, 1.54) is 0 Å². The number of unbranched alkanes of at least 4 members (excludes halogenated alkanes) is 2. The number of rotatable bonds is 16. The van der Waals surface area contributed by atoms with Gasteiger partial charge in [-0.15, -0.1) is 0 Å². The van der Waals surface area contributed by atoms with Crippen LogP contribution in [0.15, 0.2) is 90.2 Å². The Morgan fingerprint density at radius 3 is 2.26 bits per heavy atom. The molecule has 2 aliphatic heterocycles. The first-order valence-corrected chi connectivity index (χ1v) is 19.9. The molecule has 7 rings (SSSR count). The van der Waals surface area contributed by atoms with Crippen molar-refractivity contribution in [3.05, 3.63) is 119 Å². The largest absolute Gasteiger partial charge is 0.493 e. The summed E-state index contributed by atoms with van der Waals surface area (Å²) in [6, 6.07) is 22.1. The number of benzene rings is 3. The zero-order valence-corrected chi connectivity index (χ0v) is 33.1. The smallest absolute Gasteiger partial charge is 0.256 e. The Kier molecular flexibility index (Phi) is 12.3. The summed E-state index contributed by atoms with van der Waals surface area (Å²) in [6.45, 7) is 0.852. The van der Waals surface area contributed by atoms with E-state index in [0.29, 0.717) is 77.7 Å². The van der Waals surface area contributed by atoms with Crippen LogP contribution in [0.1, 0.15) is 93.0 Å². The number of aliphatic hydroxyl groups excluding tert-OH is 1. The Hall–Kier alpha value is -6.27. The van der Waals surface area contributed by atoms with Crippen LogP contribution in [0.4, 0.5) is 17.1 Å². The van der Waals surface area contributed by atoms with E-state index in [4.69, 9.17) is 10.5 Å². The number of aryl methyl sites for hydroxylation is 2. The number of anilines is 2. The number of carbonyl (C=O) groups is 4. The number of amides is 2. The van der Waals surface area contributed by atoms with Gasteiger partial charge in [0, 0.05) is 81.4 Å². The first-order valence-electron chi connectivity index (χ1n) is 19.9. The highest BCUT2D eigenvalue weighted by Crippen LogP contribution is 2.34. The number of nitrogen functional groups attached to an aromatic ring is 1. The first kappa shape index (κ1) is 39.9. The number of Topliss-reactive ketones (excluding diaryl/α,β-unsaturated/α-hetero) is 2. The van der Waals surface area contributed by atoms with Crippen molar-refractivity contribution in [2.45, 2.75) is 70.4 Å².